The van der Waals surface area contributed by atoms with E-state index in [-0.39, 0.29) is 23.3 Å². The monoisotopic (exact) mass is 397 g/mol. The van der Waals surface area contributed by atoms with Crippen LogP contribution in [0.15, 0.2) is 30.3 Å². The molecule has 0 unspecified atom stereocenters. The number of anilines is 1. The van der Waals surface area contributed by atoms with Crippen LogP contribution in [0.25, 0.3) is 0 Å². The molecular formula is C18H18F3N3O4. The maximum absolute atomic E-state index is 13.1. The fraction of sp³-hybridized carbons (Fsp3) is 0.278. The van der Waals surface area contributed by atoms with Crippen LogP contribution in [0.4, 0.5) is 19.0 Å². The van der Waals surface area contributed by atoms with E-state index in [0.717, 1.165) is 6.07 Å². The molecule has 0 aliphatic carbocycles. The Hall–Kier alpha value is -3.30. The number of amides is 1. The number of benzene rings is 1. The third-order valence-corrected chi connectivity index (χ3v) is 3.63. The zero-order chi connectivity index (χ0) is 20.9. The van der Waals surface area contributed by atoms with Crippen molar-refractivity contribution in [2.75, 3.05) is 19.1 Å². The SMILES string of the molecule is CCOC(=O)c1c(C)cc(C(F)(F)F)nc1NNC(=O)c1ccc(OC)cc1. The number of methoxy groups -OCH3 is 1. The molecule has 10 heteroatoms. The number of hydrogen-bond acceptors (Lipinski definition) is 6. The van der Waals surface area contributed by atoms with E-state index in [1.807, 2.05) is 0 Å². The van der Waals surface area contributed by atoms with E-state index in [9.17, 15) is 22.8 Å². The first-order chi connectivity index (χ1) is 13.2. The molecule has 2 aromatic rings. The molecule has 1 aromatic carbocycles. The van der Waals surface area contributed by atoms with Crippen molar-refractivity contribution in [3.05, 3.63) is 52.7 Å². The van der Waals surface area contributed by atoms with Gasteiger partial charge in [0.25, 0.3) is 5.91 Å². The van der Waals surface area contributed by atoms with Gasteiger partial charge in [0.15, 0.2) is 5.82 Å². The molecule has 1 amide bonds. The molecule has 0 bridgehead atoms. The molecule has 2 N–H and O–H groups in total. The number of nitrogens with zero attached hydrogens (tertiary/aromatic N) is 1. The normalized spacial score (nSPS) is 10.9. The summed E-state index contributed by atoms with van der Waals surface area (Å²) in [5.74, 6) is -1.44. The quantitative estimate of drug-likeness (QED) is 0.574. The lowest BCUT2D eigenvalue weighted by Crippen LogP contribution is -2.31. The number of carbonyl (C=O) groups excluding carboxylic acids is 2. The Kier molecular flexibility index (Phi) is 6.45. The largest absolute Gasteiger partial charge is 0.497 e. The number of esters is 1. The maximum atomic E-state index is 13.1. The molecule has 150 valence electrons. The number of alkyl halides is 3. The van der Waals surface area contributed by atoms with Gasteiger partial charge < -0.3 is 9.47 Å². The number of rotatable bonds is 6. The van der Waals surface area contributed by atoms with Gasteiger partial charge in [0.1, 0.15) is 17.0 Å². The second-order valence-electron chi connectivity index (χ2n) is 5.57. The van der Waals surface area contributed by atoms with Crippen molar-refractivity contribution in [3.8, 4) is 5.75 Å². The van der Waals surface area contributed by atoms with Crippen LogP contribution in [0, 0.1) is 6.92 Å². The van der Waals surface area contributed by atoms with Crippen molar-refractivity contribution in [1.82, 2.24) is 10.4 Å². The predicted octanol–water partition coefficient (Wildman–Crippen LogP) is 3.35. The Morgan fingerprint density at radius 1 is 1.18 bits per heavy atom. The third-order valence-electron chi connectivity index (χ3n) is 3.63. The average molecular weight is 397 g/mol. The lowest BCUT2D eigenvalue weighted by atomic mass is 10.1. The van der Waals surface area contributed by atoms with Crippen molar-refractivity contribution in [3.63, 3.8) is 0 Å². The van der Waals surface area contributed by atoms with Crippen LogP contribution in [-0.2, 0) is 10.9 Å². The number of ether oxygens (including phenoxy) is 2. The van der Waals surface area contributed by atoms with E-state index in [4.69, 9.17) is 9.47 Å². The van der Waals surface area contributed by atoms with Crippen LogP contribution in [-0.4, -0.2) is 30.6 Å². The van der Waals surface area contributed by atoms with E-state index < -0.39 is 29.6 Å². The first kappa shape index (κ1) is 21.0. The topological polar surface area (TPSA) is 89.5 Å². The van der Waals surface area contributed by atoms with Gasteiger partial charge in [0.2, 0.25) is 0 Å². The molecular weight excluding hydrogens is 379 g/mol. The minimum Gasteiger partial charge on any atom is -0.497 e. The minimum absolute atomic E-state index is 0.00183. The number of hydrogen-bond donors (Lipinski definition) is 2. The molecule has 0 fully saturated rings. The highest BCUT2D eigenvalue weighted by molar-refractivity contribution is 5.98. The number of aryl methyl sites for hydroxylation is 1. The van der Waals surface area contributed by atoms with Crippen molar-refractivity contribution in [1.29, 1.82) is 0 Å². The zero-order valence-electron chi connectivity index (χ0n) is 15.3. The van der Waals surface area contributed by atoms with Gasteiger partial charge in [0, 0.05) is 5.56 Å². The highest BCUT2D eigenvalue weighted by atomic mass is 19.4. The molecule has 0 aliphatic heterocycles. The smallest absolute Gasteiger partial charge is 0.433 e. The molecule has 0 spiro atoms. The second kappa shape index (κ2) is 8.59. The fourth-order valence-electron chi connectivity index (χ4n) is 2.30. The zero-order valence-corrected chi connectivity index (χ0v) is 15.3. The Morgan fingerprint density at radius 3 is 2.36 bits per heavy atom. The van der Waals surface area contributed by atoms with E-state index in [1.54, 1.807) is 19.1 Å². The van der Waals surface area contributed by atoms with Crippen LogP contribution in [0.5, 0.6) is 5.75 Å². The lowest BCUT2D eigenvalue weighted by molar-refractivity contribution is -0.141. The van der Waals surface area contributed by atoms with Crippen LogP contribution < -0.4 is 15.6 Å². The van der Waals surface area contributed by atoms with Crippen LogP contribution >= 0.6 is 0 Å². The van der Waals surface area contributed by atoms with Gasteiger partial charge in [-0.3, -0.25) is 15.6 Å². The third kappa shape index (κ3) is 4.90. The van der Waals surface area contributed by atoms with Crippen molar-refractivity contribution in [2.24, 2.45) is 0 Å². The molecule has 0 saturated carbocycles. The lowest BCUT2D eigenvalue weighted by Gasteiger charge is -2.16. The number of pyridine rings is 1. The van der Waals surface area contributed by atoms with E-state index >= 15 is 0 Å². The van der Waals surface area contributed by atoms with E-state index in [2.05, 4.69) is 15.8 Å². The summed E-state index contributed by atoms with van der Waals surface area (Å²) in [7, 11) is 1.47. The Balaban J connectivity index is 2.31. The number of aromatic nitrogens is 1. The summed E-state index contributed by atoms with van der Waals surface area (Å²) < 4.78 is 49.0. The molecule has 0 radical (unpaired) electrons. The molecule has 7 nitrogen and oxygen atoms in total. The highest BCUT2D eigenvalue weighted by Crippen LogP contribution is 2.31. The Morgan fingerprint density at radius 2 is 1.82 bits per heavy atom. The maximum Gasteiger partial charge on any atom is 0.433 e. The summed E-state index contributed by atoms with van der Waals surface area (Å²) in [6.45, 7) is 2.90. The van der Waals surface area contributed by atoms with E-state index in [0.29, 0.717) is 5.75 Å². The van der Waals surface area contributed by atoms with Gasteiger partial charge in [0.05, 0.1) is 13.7 Å². The molecule has 28 heavy (non-hydrogen) atoms. The Bertz CT molecular complexity index is 868. The summed E-state index contributed by atoms with van der Waals surface area (Å²) in [6, 6.07) is 6.76. The van der Waals surface area contributed by atoms with Crippen LogP contribution in [0.1, 0.15) is 38.9 Å². The van der Waals surface area contributed by atoms with Gasteiger partial charge in [-0.05, 0) is 49.7 Å². The molecule has 0 aliphatic rings. The fourth-order valence-corrected chi connectivity index (χ4v) is 2.30. The van der Waals surface area contributed by atoms with Crippen molar-refractivity contribution >= 4 is 17.7 Å². The molecule has 1 heterocycles. The first-order valence-corrected chi connectivity index (χ1v) is 8.13. The molecule has 0 saturated heterocycles. The summed E-state index contributed by atoms with van der Waals surface area (Å²) in [6.07, 6.45) is -4.73. The number of halogens is 3. The number of nitrogens with one attached hydrogen (secondary N) is 2. The summed E-state index contributed by atoms with van der Waals surface area (Å²) in [4.78, 5) is 27.8. The summed E-state index contributed by atoms with van der Waals surface area (Å²) >= 11 is 0. The van der Waals surface area contributed by atoms with Gasteiger partial charge in [-0.2, -0.15) is 13.2 Å². The van der Waals surface area contributed by atoms with Crippen LogP contribution in [0.2, 0.25) is 0 Å². The van der Waals surface area contributed by atoms with Crippen molar-refractivity contribution < 1.29 is 32.2 Å². The Labute approximate surface area is 158 Å². The van der Waals surface area contributed by atoms with Gasteiger partial charge >= 0.3 is 12.1 Å². The van der Waals surface area contributed by atoms with Crippen LogP contribution in [0.3, 0.4) is 0 Å². The average Bonchev–Trinajstić information content (AvgIpc) is 2.65. The van der Waals surface area contributed by atoms with Gasteiger partial charge in [-0.1, -0.05) is 0 Å². The minimum atomic E-state index is -4.73. The number of hydrazine groups is 1. The van der Waals surface area contributed by atoms with Gasteiger partial charge in [-0.15, -0.1) is 0 Å². The molecule has 1 aromatic heterocycles. The van der Waals surface area contributed by atoms with Gasteiger partial charge in [-0.25, -0.2) is 9.78 Å². The number of carbonyl (C=O) groups is 2. The molecule has 0 atom stereocenters. The first-order valence-electron chi connectivity index (χ1n) is 8.13. The van der Waals surface area contributed by atoms with E-state index in [1.165, 1.54) is 26.2 Å². The second-order valence-corrected chi connectivity index (χ2v) is 5.57. The summed E-state index contributed by atoms with van der Waals surface area (Å²) in [5.41, 5.74) is 3.32. The standard InChI is InChI=1S/C18H18F3N3O4/c1-4-28-17(26)14-10(2)9-13(18(19,20)21)22-15(14)23-24-16(25)11-5-7-12(27-3)8-6-11/h5-9H,4H2,1-3H3,(H,22,23)(H,24,25). The predicted molar refractivity (Wildman–Crippen MR) is 94.0 cm³/mol. The molecule has 2 rings (SSSR count). The van der Waals surface area contributed by atoms with Crippen molar-refractivity contribution in [2.45, 2.75) is 20.0 Å². The highest BCUT2D eigenvalue weighted by Gasteiger charge is 2.35. The summed E-state index contributed by atoms with van der Waals surface area (Å²) in [5, 5.41) is 0.